The van der Waals surface area contributed by atoms with Crippen molar-refractivity contribution in [1.29, 1.82) is 0 Å². The molecule has 0 saturated heterocycles. The minimum Gasteiger partial charge on any atom is -0.361 e. The van der Waals surface area contributed by atoms with Crippen LogP contribution in [0.3, 0.4) is 0 Å². The van der Waals surface area contributed by atoms with Gasteiger partial charge in [0.15, 0.2) is 0 Å². The maximum atomic E-state index is 5.83. The molecular weight excluding hydrogens is 204 g/mol. The number of nitrogens with zero attached hydrogens (tertiary/aromatic N) is 4. The highest BCUT2D eigenvalue weighted by molar-refractivity contribution is 6.32. The zero-order valence-corrected chi connectivity index (χ0v) is 7.86. The number of aromatic nitrogens is 5. The summed E-state index contributed by atoms with van der Waals surface area (Å²) < 4.78 is 0. The molecule has 2 heterocycles. The average Bonchev–Trinajstić information content (AvgIpc) is 2.69. The summed E-state index contributed by atoms with van der Waals surface area (Å²) in [7, 11) is 0. The minimum absolute atomic E-state index is 0.479. The summed E-state index contributed by atoms with van der Waals surface area (Å²) in [6, 6.07) is 0. The molecule has 0 saturated carbocycles. The molecule has 0 aromatic carbocycles. The van der Waals surface area contributed by atoms with Gasteiger partial charge < -0.3 is 5.32 Å². The molecule has 72 valence electrons. The standard InChI is InChI=1S/C7H7ClN6/c8-5-1-9-3-12-7(5)10-2-6-11-4-13-14-6/h1,3-4H,2H2,(H,9,10,12)(H,11,13,14). The van der Waals surface area contributed by atoms with Crippen molar-refractivity contribution in [1.82, 2.24) is 25.1 Å². The highest BCUT2D eigenvalue weighted by Gasteiger charge is 2.01. The lowest BCUT2D eigenvalue weighted by Crippen LogP contribution is -2.03. The molecule has 0 unspecified atom stereocenters. The number of aromatic amines is 1. The lowest BCUT2D eigenvalue weighted by molar-refractivity contribution is 0.944. The molecule has 14 heavy (non-hydrogen) atoms. The Balaban J connectivity index is 2.02. The highest BCUT2D eigenvalue weighted by atomic mass is 35.5. The summed E-state index contributed by atoms with van der Waals surface area (Å²) in [5.74, 6) is 1.30. The third kappa shape index (κ3) is 1.97. The molecule has 0 atom stereocenters. The topological polar surface area (TPSA) is 79.4 Å². The van der Waals surface area contributed by atoms with E-state index in [0.717, 1.165) is 5.82 Å². The molecule has 0 aliphatic rings. The van der Waals surface area contributed by atoms with Crippen molar-refractivity contribution in [3.05, 3.63) is 29.7 Å². The number of nitrogens with one attached hydrogen (secondary N) is 2. The van der Waals surface area contributed by atoms with Crippen LogP contribution in [0.2, 0.25) is 5.02 Å². The Kier molecular flexibility index (Phi) is 2.55. The van der Waals surface area contributed by atoms with Crippen molar-refractivity contribution >= 4 is 17.4 Å². The van der Waals surface area contributed by atoms with E-state index < -0.39 is 0 Å². The molecule has 0 bridgehead atoms. The van der Waals surface area contributed by atoms with E-state index in [9.17, 15) is 0 Å². The highest BCUT2D eigenvalue weighted by Crippen LogP contribution is 2.16. The number of halogens is 1. The van der Waals surface area contributed by atoms with Gasteiger partial charge in [0.2, 0.25) is 0 Å². The number of hydrogen-bond acceptors (Lipinski definition) is 5. The van der Waals surface area contributed by atoms with Crippen LogP contribution in [0, 0.1) is 0 Å². The van der Waals surface area contributed by atoms with E-state index in [0.29, 0.717) is 17.4 Å². The maximum Gasteiger partial charge on any atom is 0.148 e. The van der Waals surface area contributed by atoms with Gasteiger partial charge in [-0.3, -0.25) is 5.10 Å². The Morgan fingerprint density at radius 1 is 1.36 bits per heavy atom. The first-order chi connectivity index (χ1) is 6.86. The van der Waals surface area contributed by atoms with E-state index in [-0.39, 0.29) is 0 Å². The molecule has 7 heteroatoms. The second-order valence-electron chi connectivity index (χ2n) is 2.51. The van der Waals surface area contributed by atoms with Crippen molar-refractivity contribution in [3.8, 4) is 0 Å². The SMILES string of the molecule is Clc1cncnc1NCc1ncn[nH]1. The van der Waals surface area contributed by atoms with E-state index in [1.165, 1.54) is 18.9 Å². The summed E-state index contributed by atoms with van der Waals surface area (Å²) in [6.45, 7) is 0.497. The molecule has 2 aromatic heterocycles. The van der Waals surface area contributed by atoms with Gasteiger partial charge in [0, 0.05) is 0 Å². The van der Waals surface area contributed by atoms with Gasteiger partial charge in [-0.1, -0.05) is 11.6 Å². The van der Waals surface area contributed by atoms with Gasteiger partial charge in [0.1, 0.15) is 29.3 Å². The van der Waals surface area contributed by atoms with Crippen LogP contribution in [-0.2, 0) is 6.54 Å². The smallest absolute Gasteiger partial charge is 0.148 e. The summed E-state index contributed by atoms with van der Waals surface area (Å²) in [4.78, 5) is 11.7. The van der Waals surface area contributed by atoms with E-state index >= 15 is 0 Å². The van der Waals surface area contributed by atoms with Crippen molar-refractivity contribution in [2.45, 2.75) is 6.54 Å². The fourth-order valence-electron chi connectivity index (χ4n) is 0.926. The molecule has 0 fully saturated rings. The van der Waals surface area contributed by atoms with E-state index in [4.69, 9.17) is 11.6 Å². The normalized spacial score (nSPS) is 10.1. The first-order valence-corrected chi connectivity index (χ1v) is 4.27. The van der Waals surface area contributed by atoms with Crippen molar-refractivity contribution < 1.29 is 0 Å². The minimum atomic E-state index is 0.479. The summed E-state index contributed by atoms with van der Waals surface area (Å²) >= 11 is 5.83. The predicted molar refractivity (Wildman–Crippen MR) is 50.8 cm³/mol. The molecule has 0 spiro atoms. The molecule has 2 rings (SSSR count). The quantitative estimate of drug-likeness (QED) is 0.786. The fourth-order valence-corrected chi connectivity index (χ4v) is 1.10. The van der Waals surface area contributed by atoms with Crippen LogP contribution < -0.4 is 5.32 Å². The van der Waals surface area contributed by atoms with Crippen molar-refractivity contribution in [3.63, 3.8) is 0 Å². The van der Waals surface area contributed by atoms with E-state index in [2.05, 4.69) is 30.5 Å². The first-order valence-electron chi connectivity index (χ1n) is 3.90. The maximum absolute atomic E-state index is 5.83. The average molecular weight is 211 g/mol. The van der Waals surface area contributed by atoms with E-state index in [1.54, 1.807) is 0 Å². The molecule has 2 N–H and O–H groups in total. The zero-order valence-electron chi connectivity index (χ0n) is 7.11. The molecule has 6 nitrogen and oxygen atoms in total. The van der Waals surface area contributed by atoms with Crippen LogP contribution in [0.15, 0.2) is 18.9 Å². The number of hydrogen-bond donors (Lipinski definition) is 2. The summed E-state index contributed by atoms with van der Waals surface area (Å²) in [6.07, 6.45) is 4.39. The van der Waals surface area contributed by atoms with Gasteiger partial charge in [-0.2, -0.15) is 5.10 Å². The van der Waals surface area contributed by atoms with Crippen LogP contribution >= 0.6 is 11.6 Å². The molecule has 2 aromatic rings. The first kappa shape index (κ1) is 8.89. The molecule has 0 radical (unpaired) electrons. The fraction of sp³-hybridized carbons (Fsp3) is 0.143. The third-order valence-corrected chi connectivity index (χ3v) is 1.83. The largest absolute Gasteiger partial charge is 0.361 e. The zero-order chi connectivity index (χ0) is 9.80. The Hall–Kier alpha value is -1.69. The number of rotatable bonds is 3. The van der Waals surface area contributed by atoms with E-state index in [1.807, 2.05) is 0 Å². The predicted octanol–water partition coefficient (Wildman–Crippen LogP) is 0.860. The monoisotopic (exact) mass is 210 g/mol. The van der Waals surface area contributed by atoms with Gasteiger partial charge in [-0.05, 0) is 0 Å². The van der Waals surface area contributed by atoms with Crippen LogP contribution in [0.5, 0.6) is 0 Å². The number of anilines is 1. The second kappa shape index (κ2) is 4.01. The van der Waals surface area contributed by atoms with Gasteiger partial charge in [-0.25, -0.2) is 15.0 Å². The van der Waals surface area contributed by atoms with Crippen molar-refractivity contribution in [2.75, 3.05) is 5.32 Å². The Bertz CT molecular complexity index is 400. The lowest BCUT2D eigenvalue weighted by atomic mass is 10.5. The molecule has 0 aliphatic heterocycles. The summed E-state index contributed by atoms with van der Waals surface area (Å²) in [5.41, 5.74) is 0. The molecular formula is C7H7ClN6. The third-order valence-electron chi connectivity index (χ3n) is 1.56. The van der Waals surface area contributed by atoms with Crippen LogP contribution in [0.25, 0.3) is 0 Å². The van der Waals surface area contributed by atoms with Gasteiger partial charge in [0.05, 0.1) is 12.7 Å². The Labute approximate surface area is 84.8 Å². The lowest BCUT2D eigenvalue weighted by Gasteiger charge is -2.03. The van der Waals surface area contributed by atoms with Gasteiger partial charge >= 0.3 is 0 Å². The van der Waals surface area contributed by atoms with Gasteiger partial charge in [0.25, 0.3) is 0 Å². The Morgan fingerprint density at radius 3 is 3.00 bits per heavy atom. The summed E-state index contributed by atoms with van der Waals surface area (Å²) in [5, 5.41) is 9.91. The van der Waals surface area contributed by atoms with Crippen LogP contribution in [0.1, 0.15) is 5.82 Å². The van der Waals surface area contributed by atoms with Crippen LogP contribution in [0.4, 0.5) is 5.82 Å². The van der Waals surface area contributed by atoms with Crippen molar-refractivity contribution in [2.24, 2.45) is 0 Å². The second-order valence-corrected chi connectivity index (χ2v) is 2.91. The number of H-pyrrole nitrogens is 1. The molecule has 0 aliphatic carbocycles. The van der Waals surface area contributed by atoms with Crippen LogP contribution in [-0.4, -0.2) is 25.1 Å². The Morgan fingerprint density at radius 2 is 2.29 bits per heavy atom. The molecule has 0 amide bonds. The van der Waals surface area contributed by atoms with Gasteiger partial charge in [-0.15, -0.1) is 0 Å².